The lowest BCUT2D eigenvalue weighted by molar-refractivity contribution is -0.132. The smallest absolute Gasteiger partial charge is 0.240 e. The number of anilines is 1. The summed E-state index contributed by atoms with van der Waals surface area (Å²) in [5, 5.41) is 13.3. The molecule has 2 fully saturated rings. The SMILES string of the molecule is N#C[C@@H]1CCCN1C(=O)[C@@H](N)Cc1c[nH]c2ccc(NC(=O)C3CCCCC3)cc12. The average Bonchev–Trinajstić information content (AvgIpc) is 3.40. The number of nitrogens with one attached hydrogen (secondary N) is 2. The van der Waals surface area contributed by atoms with Crippen molar-refractivity contribution in [2.24, 2.45) is 11.7 Å². The second kappa shape index (κ2) is 8.88. The van der Waals surface area contributed by atoms with Gasteiger partial charge in [0.2, 0.25) is 11.8 Å². The summed E-state index contributed by atoms with van der Waals surface area (Å²) in [5.41, 5.74) is 8.87. The van der Waals surface area contributed by atoms with E-state index in [1.807, 2.05) is 24.4 Å². The molecular formula is C23H29N5O2. The number of nitrogens with two attached hydrogens (primary N) is 1. The van der Waals surface area contributed by atoms with Crippen LogP contribution in [-0.4, -0.2) is 40.3 Å². The van der Waals surface area contributed by atoms with Gasteiger partial charge in [0.1, 0.15) is 6.04 Å². The van der Waals surface area contributed by atoms with Gasteiger partial charge in [-0.15, -0.1) is 0 Å². The summed E-state index contributed by atoms with van der Waals surface area (Å²) in [5.74, 6) is 0.0180. The van der Waals surface area contributed by atoms with Crippen molar-refractivity contribution in [3.63, 3.8) is 0 Å². The molecule has 1 saturated carbocycles. The van der Waals surface area contributed by atoms with Crippen molar-refractivity contribution in [1.29, 1.82) is 5.26 Å². The minimum absolute atomic E-state index is 0.0922. The van der Waals surface area contributed by atoms with Crippen molar-refractivity contribution in [2.45, 2.75) is 63.5 Å². The molecule has 1 saturated heterocycles. The zero-order valence-corrected chi connectivity index (χ0v) is 17.2. The number of nitriles is 1. The van der Waals surface area contributed by atoms with Crippen LogP contribution >= 0.6 is 0 Å². The summed E-state index contributed by atoms with van der Waals surface area (Å²) in [6.45, 7) is 0.593. The number of H-pyrrole nitrogens is 1. The Morgan fingerprint density at radius 2 is 2.03 bits per heavy atom. The Hall–Kier alpha value is -2.85. The molecule has 0 radical (unpaired) electrons. The topological polar surface area (TPSA) is 115 Å². The quantitative estimate of drug-likeness (QED) is 0.706. The van der Waals surface area contributed by atoms with Crippen LogP contribution < -0.4 is 11.1 Å². The summed E-state index contributed by atoms with van der Waals surface area (Å²) in [4.78, 5) is 30.2. The molecule has 1 aromatic heterocycles. The van der Waals surface area contributed by atoms with Gasteiger partial charge in [-0.3, -0.25) is 9.59 Å². The van der Waals surface area contributed by atoms with Gasteiger partial charge in [0.15, 0.2) is 0 Å². The van der Waals surface area contributed by atoms with Gasteiger partial charge in [0.25, 0.3) is 0 Å². The molecule has 2 heterocycles. The Morgan fingerprint density at radius 3 is 2.80 bits per heavy atom. The lowest BCUT2D eigenvalue weighted by Gasteiger charge is -2.23. The van der Waals surface area contributed by atoms with Gasteiger partial charge in [-0.2, -0.15) is 5.26 Å². The van der Waals surface area contributed by atoms with Gasteiger partial charge in [0.05, 0.1) is 12.1 Å². The highest BCUT2D eigenvalue weighted by Gasteiger charge is 2.32. The Kier molecular flexibility index (Phi) is 6.05. The molecule has 1 aromatic carbocycles. The number of likely N-dealkylation sites (tertiary alicyclic amines) is 1. The highest BCUT2D eigenvalue weighted by molar-refractivity contribution is 5.96. The van der Waals surface area contributed by atoms with Gasteiger partial charge < -0.3 is 20.9 Å². The van der Waals surface area contributed by atoms with Crippen molar-refractivity contribution in [1.82, 2.24) is 9.88 Å². The predicted octanol–water partition coefficient (Wildman–Crippen LogP) is 3.07. The van der Waals surface area contributed by atoms with Crippen LogP contribution in [-0.2, 0) is 16.0 Å². The van der Waals surface area contributed by atoms with E-state index in [1.54, 1.807) is 4.90 Å². The molecule has 7 heteroatoms. The first-order chi connectivity index (χ1) is 14.6. The molecule has 0 bridgehead atoms. The van der Waals surface area contributed by atoms with Crippen molar-refractivity contribution >= 4 is 28.4 Å². The van der Waals surface area contributed by atoms with Crippen molar-refractivity contribution < 1.29 is 9.59 Å². The lowest BCUT2D eigenvalue weighted by Crippen LogP contribution is -2.46. The molecule has 1 aliphatic carbocycles. The molecular weight excluding hydrogens is 378 g/mol. The summed E-state index contributed by atoms with van der Waals surface area (Å²) in [6, 6.07) is 6.92. The third-order valence-electron chi connectivity index (χ3n) is 6.45. The highest BCUT2D eigenvalue weighted by Crippen LogP contribution is 2.27. The largest absolute Gasteiger partial charge is 0.361 e. The molecule has 158 valence electrons. The molecule has 4 N–H and O–H groups in total. The maximum atomic E-state index is 12.7. The third kappa shape index (κ3) is 4.19. The number of fused-ring (bicyclic) bond motifs is 1. The Labute approximate surface area is 176 Å². The first kappa shape index (κ1) is 20.4. The number of benzene rings is 1. The van der Waals surface area contributed by atoms with E-state index in [0.717, 1.165) is 54.3 Å². The standard InChI is InChI=1S/C23H29N5O2/c24-13-18-7-4-10-28(18)23(30)20(25)11-16-14-26-21-9-8-17(12-19(16)21)27-22(29)15-5-2-1-3-6-15/h8-9,12,14-15,18,20,26H,1-7,10-11,25H2,(H,27,29)/t18-,20-/m0/s1. The van der Waals surface area contributed by atoms with E-state index in [4.69, 9.17) is 5.73 Å². The molecule has 1 aliphatic heterocycles. The van der Waals surface area contributed by atoms with Crippen LogP contribution in [0, 0.1) is 17.2 Å². The summed E-state index contributed by atoms with van der Waals surface area (Å²) in [6.07, 6.45) is 9.18. The molecule has 4 rings (SSSR count). The number of hydrogen-bond donors (Lipinski definition) is 3. The van der Waals surface area contributed by atoms with E-state index in [0.29, 0.717) is 19.4 Å². The molecule has 0 spiro atoms. The van der Waals surface area contributed by atoms with Crippen LogP contribution in [0.1, 0.15) is 50.5 Å². The van der Waals surface area contributed by atoms with Crippen molar-refractivity contribution in [3.05, 3.63) is 30.0 Å². The van der Waals surface area contributed by atoms with Gasteiger partial charge in [-0.1, -0.05) is 19.3 Å². The first-order valence-corrected chi connectivity index (χ1v) is 10.9. The maximum Gasteiger partial charge on any atom is 0.240 e. The van der Waals surface area contributed by atoms with Crippen LogP contribution in [0.2, 0.25) is 0 Å². The van der Waals surface area contributed by atoms with Gasteiger partial charge in [0, 0.05) is 35.2 Å². The Balaban J connectivity index is 1.46. The summed E-state index contributed by atoms with van der Waals surface area (Å²) >= 11 is 0. The predicted molar refractivity (Wildman–Crippen MR) is 116 cm³/mol. The van der Waals surface area contributed by atoms with Crippen LogP contribution in [0.25, 0.3) is 10.9 Å². The highest BCUT2D eigenvalue weighted by atomic mass is 16.2. The van der Waals surface area contributed by atoms with Crippen molar-refractivity contribution in [2.75, 3.05) is 11.9 Å². The zero-order chi connectivity index (χ0) is 21.1. The Bertz CT molecular complexity index is 970. The van der Waals surface area contributed by atoms with Crippen molar-refractivity contribution in [3.8, 4) is 6.07 Å². The van der Waals surface area contributed by atoms with Crippen LogP contribution in [0.5, 0.6) is 0 Å². The summed E-state index contributed by atoms with van der Waals surface area (Å²) < 4.78 is 0. The number of nitrogens with zero attached hydrogens (tertiary/aromatic N) is 2. The number of rotatable bonds is 5. The zero-order valence-electron chi connectivity index (χ0n) is 17.2. The second-order valence-corrected chi connectivity index (χ2v) is 8.53. The fourth-order valence-electron chi connectivity index (χ4n) is 4.74. The molecule has 2 aliphatic rings. The molecule has 2 atom stereocenters. The fourth-order valence-corrected chi connectivity index (χ4v) is 4.74. The normalized spacial score (nSPS) is 20.8. The fraction of sp³-hybridized carbons (Fsp3) is 0.522. The van der Waals surface area contributed by atoms with E-state index < -0.39 is 6.04 Å². The third-order valence-corrected chi connectivity index (χ3v) is 6.45. The number of carbonyl (C=O) groups excluding carboxylic acids is 2. The average molecular weight is 408 g/mol. The van der Waals surface area contributed by atoms with Gasteiger partial charge in [-0.25, -0.2) is 0 Å². The number of hydrogen-bond acceptors (Lipinski definition) is 4. The van der Waals surface area contributed by atoms with Crippen LogP contribution in [0.4, 0.5) is 5.69 Å². The molecule has 7 nitrogen and oxygen atoms in total. The number of aromatic nitrogens is 1. The number of amides is 2. The Morgan fingerprint density at radius 1 is 1.23 bits per heavy atom. The molecule has 2 amide bonds. The number of aromatic amines is 1. The lowest BCUT2D eigenvalue weighted by atomic mass is 9.88. The maximum absolute atomic E-state index is 12.7. The van der Waals surface area contributed by atoms with E-state index in [9.17, 15) is 14.9 Å². The minimum atomic E-state index is -0.696. The first-order valence-electron chi connectivity index (χ1n) is 10.9. The van der Waals surface area contributed by atoms with E-state index >= 15 is 0 Å². The van der Waals surface area contributed by atoms with Crippen LogP contribution in [0.15, 0.2) is 24.4 Å². The molecule has 0 unspecified atom stereocenters. The minimum Gasteiger partial charge on any atom is -0.361 e. The number of carbonyl (C=O) groups is 2. The molecule has 2 aromatic rings. The second-order valence-electron chi connectivity index (χ2n) is 8.53. The van der Waals surface area contributed by atoms with Gasteiger partial charge >= 0.3 is 0 Å². The molecule has 30 heavy (non-hydrogen) atoms. The van der Waals surface area contributed by atoms with E-state index in [-0.39, 0.29) is 23.8 Å². The van der Waals surface area contributed by atoms with E-state index in [1.165, 1.54) is 6.42 Å². The van der Waals surface area contributed by atoms with E-state index in [2.05, 4.69) is 16.4 Å². The van der Waals surface area contributed by atoms with Gasteiger partial charge in [-0.05, 0) is 55.9 Å². The monoisotopic (exact) mass is 407 g/mol. The summed E-state index contributed by atoms with van der Waals surface area (Å²) in [7, 11) is 0. The van der Waals surface area contributed by atoms with Crippen LogP contribution in [0.3, 0.4) is 0 Å².